The highest BCUT2D eigenvalue weighted by molar-refractivity contribution is 5.83. The first-order valence-corrected chi connectivity index (χ1v) is 8.12. The van der Waals surface area contributed by atoms with Gasteiger partial charge in [-0.3, -0.25) is 10.2 Å². The molecule has 0 fully saturated rings. The Morgan fingerprint density at radius 2 is 2.17 bits per heavy atom. The van der Waals surface area contributed by atoms with Gasteiger partial charge < -0.3 is 26.7 Å². The van der Waals surface area contributed by atoms with E-state index in [2.05, 4.69) is 16.4 Å². The van der Waals surface area contributed by atoms with Gasteiger partial charge in [-0.15, -0.1) is 0 Å². The Bertz CT molecular complexity index is 695. The lowest BCUT2D eigenvalue weighted by Gasteiger charge is -2.21. The Hall–Kier alpha value is -2.54. The van der Waals surface area contributed by atoms with Crippen LogP contribution >= 0.6 is 0 Å². The molecule has 0 radical (unpaired) electrons. The predicted molar refractivity (Wildman–Crippen MR) is 96.8 cm³/mol. The molecule has 7 N–H and O–H groups in total. The molecule has 130 valence electrons. The second kappa shape index (κ2) is 8.35. The van der Waals surface area contributed by atoms with Crippen molar-refractivity contribution < 1.29 is 4.79 Å². The second-order valence-corrected chi connectivity index (χ2v) is 5.96. The van der Waals surface area contributed by atoms with Crippen molar-refractivity contribution in [3.63, 3.8) is 0 Å². The number of nitrogens with one attached hydrogen (secondary N) is 3. The van der Waals surface area contributed by atoms with Crippen LogP contribution in [-0.4, -0.2) is 47.9 Å². The van der Waals surface area contributed by atoms with E-state index in [-0.39, 0.29) is 11.9 Å². The third-order valence-electron chi connectivity index (χ3n) is 4.09. The highest BCUT2D eigenvalue weighted by atomic mass is 16.2. The highest BCUT2D eigenvalue weighted by Gasteiger charge is 2.17. The Morgan fingerprint density at radius 3 is 2.92 bits per heavy atom. The molecule has 7 heteroatoms. The number of carbonyl (C=O) groups excluding carboxylic acids is 1. The minimum absolute atomic E-state index is 0.0577. The van der Waals surface area contributed by atoms with Gasteiger partial charge in [-0.1, -0.05) is 18.2 Å². The zero-order chi connectivity index (χ0) is 17.5. The van der Waals surface area contributed by atoms with Gasteiger partial charge in [0, 0.05) is 37.2 Å². The van der Waals surface area contributed by atoms with Crippen LogP contribution in [0.5, 0.6) is 0 Å². The fourth-order valence-electron chi connectivity index (χ4n) is 2.69. The average molecular weight is 330 g/mol. The van der Waals surface area contributed by atoms with Crippen molar-refractivity contribution in [2.45, 2.75) is 25.3 Å². The quantitative estimate of drug-likeness (QED) is 0.278. The molecule has 0 bridgehead atoms. The number of aromatic nitrogens is 1. The smallest absolute Gasteiger partial charge is 0.239 e. The number of hydrogen-bond donors (Lipinski definition) is 5. The summed E-state index contributed by atoms with van der Waals surface area (Å²) in [6, 6.07) is 7.61. The van der Waals surface area contributed by atoms with Crippen molar-refractivity contribution in [2.24, 2.45) is 11.5 Å². The van der Waals surface area contributed by atoms with Gasteiger partial charge in [-0.25, -0.2) is 0 Å². The van der Waals surface area contributed by atoms with Gasteiger partial charge in [0.1, 0.15) is 0 Å². The van der Waals surface area contributed by atoms with Gasteiger partial charge in [-0.05, 0) is 30.9 Å². The first-order valence-electron chi connectivity index (χ1n) is 8.12. The van der Waals surface area contributed by atoms with E-state index in [1.54, 1.807) is 11.9 Å². The Kier molecular flexibility index (Phi) is 6.20. The third kappa shape index (κ3) is 4.73. The summed E-state index contributed by atoms with van der Waals surface area (Å²) in [6.07, 6.45) is 4.04. The minimum Gasteiger partial charge on any atom is -0.370 e. The summed E-state index contributed by atoms with van der Waals surface area (Å²) in [7, 11) is 1.78. The summed E-state index contributed by atoms with van der Waals surface area (Å²) in [4.78, 5) is 17.2. The number of likely N-dealkylation sites (N-methyl/N-ethyl adjacent to an activating group) is 1. The Labute approximate surface area is 141 Å². The zero-order valence-corrected chi connectivity index (χ0v) is 14.0. The van der Waals surface area contributed by atoms with Crippen molar-refractivity contribution in [1.82, 2.24) is 15.2 Å². The summed E-state index contributed by atoms with van der Waals surface area (Å²) in [5.74, 6) is -0.122. The van der Waals surface area contributed by atoms with E-state index in [9.17, 15) is 4.79 Å². The molecule has 7 nitrogen and oxygen atoms in total. The van der Waals surface area contributed by atoms with Crippen LogP contribution in [0.25, 0.3) is 10.9 Å². The van der Waals surface area contributed by atoms with E-state index in [1.165, 1.54) is 10.9 Å². The monoisotopic (exact) mass is 330 g/mol. The van der Waals surface area contributed by atoms with Gasteiger partial charge in [0.25, 0.3) is 0 Å². The Morgan fingerprint density at radius 1 is 1.42 bits per heavy atom. The van der Waals surface area contributed by atoms with Crippen molar-refractivity contribution in [3.8, 4) is 0 Å². The van der Waals surface area contributed by atoms with Crippen molar-refractivity contribution >= 4 is 22.8 Å². The molecular weight excluding hydrogens is 304 g/mol. The zero-order valence-electron chi connectivity index (χ0n) is 14.0. The number of H-pyrrole nitrogens is 1. The van der Waals surface area contributed by atoms with Crippen molar-refractivity contribution in [1.29, 1.82) is 5.41 Å². The summed E-state index contributed by atoms with van der Waals surface area (Å²) in [6.45, 7) is 1.18. The van der Waals surface area contributed by atoms with Crippen molar-refractivity contribution in [2.75, 3.05) is 20.1 Å². The van der Waals surface area contributed by atoms with Gasteiger partial charge in [-0.2, -0.15) is 0 Å². The molecule has 2 aromatic rings. The van der Waals surface area contributed by atoms with E-state index in [4.69, 9.17) is 16.9 Å². The first kappa shape index (κ1) is 17.8. The highest BCUT2D eigenvalue weighted by Crippen LogP contribution is 2.18. The second-order valence-electron chi connectivity index (χ2n) is 5.96. The average Bonchev–Trinajstić information content (AvgIpc) is 2.98. The number of amides is 1. The van der Waals surface area contributed by atoms with Gasteiger partial charge >= 0.3 is 0 Å². The third-order valence-corrected chi connectivity index (χ3v) is 4.09. The number of hydrogen-bond acceptors (Lipinski definition) is 3. The normalized spacial score (nSPS) is 12.1. The molecule has 24 heavy (non-hydrogen) atoms. The number of benzene rings is 1. The molecule has 1 aromatic carbocycles. The molecule has 1 unspecified atom stereocenters. The summed E-state index contributed by atoms with van der Waals surface area (Å²) in [5, 5.41) is 11.0. The topological polar surface area (TPSA) is 124 Å². The summed E-state index contributed by atoms with van der Waals surface area (Å²) < 4.78 is 0. The molecule has 0 aliphatic carbocycles. The maximum absolute atomic E-state index is 12.3. The van der Waals surface area contributed by atoms with Crippen LogP contribution in [0.4, 0.5) is 0 Å². The van der Waals surface area contributed by atoms with Gasteiger partial charge in [0.15, 0.2) is 5.96 Å². The van der Waals surface area contributed by atoms with Crippen LogP contribution in [0, 0.1) is 5.41 Å². The Balaban J connectivity index is 1.79. The van der Waals surface area contributed by atoms with E-state index in [0.717, 1.165) is 11.9 Å². The lowest BCUT2D eigenvalue weighted by atomic mass is 10.1. The minimum atomic E-state index is -0.522. The molecule has 0 saturated carbocycles. The number of para-hydroxylation sites is 1. The fraction of sp³-hybridized carbons (Fsp3) is 0.412. The van der Waals surface area contributed by atoms with Crippen LogP contribution in [-0.2, 0) is 11.2 Å². The first-order chi connectivity index (χ1) is 11.5. The number of nitrogens with two attached hydrogens (primary N) is 2. The van der Waals surface area contributed by atoms with Crippen LogP contribution in [0.15, 0.2) is 30.5 Å². The van der Waals surface area contributed by atoms with E-state index < -0.39 is 6.04 Å². The molecule has 0 aliphatic heterocycles. The van der Waals surface area contributed by atoms with E-state index in [1.807, 2.05) is 24.4 Å². The van der Waals surface area contributed by atoms with Gasteiger partial charge in [0.2, 0.25) is 5.91 Å². The summed E-state index contributed by atoms with van der Waals surface area (Å²) in [5.41, 5.74) is 13.5. The molecule has 0 saturated heterocycles. The molecule has 1 atom stereocenters. The molecule has 1 amide bonds. The van der Waals surface area contributed by atoms with Crippen LogP contribution < -0.4 is 16.8 Å². The lowest BCUT2D eigenvalue weighted by molar-refractivity contribution is -0.131. The number of guanidine groups is 1. The van der Waals surface area contributed by atoms with Crippen LogP contribution in [0.3, 0.4) is 0 Å². The lowest BCUT2D eigenvalue weighted by Crippen LogP contribution is -2.43. The SMILES string of the molecule is CN(CCc1c[nH]c2ccccc12)C(=O)C(N)CCCNC(=N)N. The summed E-state index contributed by atoms with van der Waals surface area (Å²) >= 11 is 0. The van der Waals surface area contributed by atoms with Gasteiger partial charge in [0.05, 0.1) is 6.04 Å². The molecule has 2 rings (SSSR count). The molecule has 1 heterocycles. The van der Waals surface area contributed by atoms with Crippen LogP contribution in [0.1, 0.15) is 18.4 Å². The number of fused-ring (bicyclic) bond motifs is 1. The number of aromatic amines is 1. The standard InChI is InChI=1S/C17H26N6O/c1-23(16(24)14(18)6-4-9-21-17(19)20)10-8-12-11-22-15-7-3-2-5-13(12)15/h2-3,5,7,11,14,22H,4,6,8-10,18H2,1H3,(H4,19,20,21). The van der Waals surface area contributed by atoms with Crippen molar-refractivity contribution in [3.05, 3.63) is 36.0 Å². The molecule has 1 aromatic heterocycles. The largest absolute Gasteiger partial charge is 0.370 e. The predicted octanol–water partition coefficient (Wildman–Crippen LogP) is 0.759. The maximum atomic E-state index is 12.3. The van der Waals surface area contributed by atoms with Crippen LogP contribution in [0.2, 0.25) is 0 Å². The molecule has 0 spiro atoms. The molecular formula is C17H26N6O. The number of rotatable bonds is 8. The van der Waals surface area contributed by atoms with E-state index in [0.29, 0.717) is 25.9 Å². The van der Waals surface area contributed by atoms with E-state index >= 15 is 0 Å². The molecule has 0 aliphatic rings. The fourth-order valence-corrected chi connectivity index (χ4v) is 2.69. The number of nitrogens with zero attached hydrogens (tertiary/aromatic N) is 1. The maximum Gasteiger partial charge on any atom is 0.239 e. The number of carbonyl (C=O) groups is 1.